The molecule has 2 nitrogen and oxygen atoms in total. The second kappa shape index (κ2) is 2.92. The number of rotatable bonds is 0. The molecule has 0 amide bonds. The number of hydrogen-bond acceptors (Lipinski definition) is 3. The maximum absolute atomic E-state index is 10.8. The summed E-state index contributed by atoms with van der Waals surface area (Å²) in [5.74, 6) is 1.42. The lowest BCUT2D eigenvalue weighted by Gasteiger charge is -1.93. The van der Waals surface area contributed by atoms with Gasteiger partial charge in [0.1, 0.15) is 0 Å². The van der Waals surface area contributed by atoms with E-state index in [1.807, 2.05) is 0 Å². The van der Waals surface area contributed by atoms with Crippen LogP contribution < -0.4 is 0 Å². The van der Waals surface area contributed by atoms with Gasteiger partial charge in [0.15, 0.2) is 9.84 Å². The SMILES string of the molecule is O=S1(=O)CCCCSC1. The van der Waals surface area contributed by atoms with Crippen molar-refractivity contribution in [3.63, 3.8) is 0 Å². The van der Waals surface area contributed by atoms with Crippen molar-refractivity contribution in [1.29, 1.82) is 0 Å². The Morgan fingerprint density at radius 3 is 2.78 bits per heavy atom. The quantitative estimate of drug-likeness (QED) is 0.536. The zero-order valence-corrected chi connectivity index (χ0v) is 6.80. The monoisotopic (exact) mass is 166 g/mol. The summed E-state index contributed by atoms with van der Waals surface area (Å²) < 4.78 is 21.7. The Morgan fingerprint density at radius 1 is 1.22 bits per heavy atom. The number of sulfone groups is 1. The van der Waals surface area contributed by atoms with E-state index in [0.29, 0.717) is 10.8 Å². The smallest absolute Gasteiger partial charge is 0.159 e. The Hall–Kier alpha value is 0.300. The van der Waals surface area contributed by atoms with Gasteiger partial charge in [-0.1, -0.05) is 0 Å². The molecular formula is C5H10O2S2. The Labute approximate surface area is 59.9 Å². The molecule has 1 rings (SSSR count). The molecule has 54 valence electrons. The summed E-state index contributed by atoms with van der Waals surface area (Å²) in [6.07, 6.45) is 1.92. The van der Waals surface area contributed by atoms with Crippen LogP contribution in [0.1, 0.15) is 12.8 Å². The van der Waals surface area contributed by atoms with Crippen molar-refractivity contribution < 1.29 is 8.42 Å². The van der Waals surface area contributed by atoms with E-state index in [1.54, 1.807) is 0 Å². The van der Waals surface area contributed by atoms with E-state index < -0.39 is 9.84 Å². The average Bonchev–Trinajstić information content (AvgIpc) is 1.92. The van der Waals surface area contributed by atoms with Crippen LogP contribution in [-0.4, -0.2) is 25.0 Å². The van der Waals surface area contributed by atoms with Gasteiger partial charge in [-0.25, -0.2) is 8.42 Å². The topological polar surface area (TPSA) is 34.1 Å². The molecule has 0 aliphatic carbocycles. The van der Waals surface area contributed by atoms with Crippen LogP contribution in [0.25, 0.3) is 0 Å². The first-order valence-corrected chi connectivity index (χ1v) is 5.96. The highest BCUT2D eigenvalue weighted by molar-refractivity contribution is 8.12. The summed E-state index contributed by atoms with van der Waals surface area (Å²) in [6.45, 7) is 0. The first-order chi connectivity index (χ1) is 4.21. The summed E-state index contributed by atoms with van der Waals surface area (Å²) in [4.78, 5) is 0. The second-order valence-electron chi connectivity index (χ2n) is 2.18. The lowest BCUT2D eigenvalue weighted by Crippen LogP contribution is -2.05. The summed E-state index contributed by atoms with van der Waals surface area (Å²) in [5, 5.41) is 0.340. The standard InChI is InChI=1S/C5H10O2S2/c6-9(7)4-2-1-3-8-5-9/h1-5H2. The Balaban J connectivity index is 2.56. The van der Waals surface area contributed by atoms with Gasteiger partial charge in [-0.05, 0) is 18.6 Å². The molecule has 0 saturated carbocycles. The molecule has 0 unspecified atom stereocenters. The van der Waals surface area contributed by atoms with Crippen LogP contribution in [0.2, 0.25) is 0 Å². The minimum Gasteiger partial charge on any atom is -0.228 e. The van der Waals surface area contributed by atoms with E-state index in [9.17, 15) is 8.42 Å². The molecule has 1 saturated heterocycles. The summed E-state index contributed by atoms with van der Waals surface area (Å²) in [7, 11) is -2.66. The number of hydrogen-bond donors (Lipinski definition) is 0. The lowest BCUT2D eigenvalue weighted by molar-refractivity contribution is 0.598. The molecule has 1 aliphatic heterocycles. The van der Waals surface area contributed by atoms with Gasteiger partial charge in [-0.3, -0.25) is 0 Å². The third kappa shape index (κ3) is 2.58. The van der Waals surface area contributed by atoms with E-state index in [1.165, 1.54) is 11.8 Å². The van der Waals surface area contributed by atoms with Gasteiger partial charge in [-0.15, -0.1) is 11.8 Å². The molecule has 0 atom stereocenters. The van der Waals surface area contributed by atoms with E-state index in [-0.39, 0.29) is 0 Å². The van der Waals surface area contributed by atoms with E-state index in [2.05, 4.69) is 0 Å². The largest absolute Gasteiger partial charge is 0.228 e. The molecule has 4 heteroatoms. The van der Waals surface area contributed by atoms with Gasteiger partial charge in [0.05, 0.1) is 10.8 Å². The fraction of sp³-hybridized carbons (Fsp3) is 1.00. The molecule has 1 fully saturated rings. The molecule has 0 aromatic heterocycles. The zero-order valence-electron chi connectivity index (χ0n) is 5.17. The second-order valence-corrected chi connectivity index (χ2v) is 5.84. The van der Waals surface area contributed by atoms with Crippen molar-refractivity contribution in [2.24, 2.45) is 0 Å². The van der Waals surface area contributed by atoms with E-state index in [4.69, 9.17) is 0 Å². The molecule has 0 aromatic carbocycles. The summed E-state index contributed by atoms with van der Waals surface area (Å²) in [6, 6.07) is 0. The van der Waals surface area contributed by atoms with Crippen LogP contribution in [0.5, 0.6) is 0 Å². The fourth-order valence-electron chi connectivity index (χ4n) is 0.771. The van der Waals surface area contributed by atoms with Crippen molar-refractivity contribution in [2.45, 2.75) is 12.8 Å². The molecule has 0 N–H and O–H groups in total. The normalized spacial score (nSPS) is 27.1. The van der Waals surface area contributed by atoms with Crippen molar-refractivity contribution in [1.82, 2.24) is 0 Å². The molecule has 9 heavy (non-hydrogen) atoms. The average molecular weight is 166 g/mol. The third-order valence-electron chi connectivity index (χ3n) is 1.26. The minimum absolute atomic E-state index is 0.340. The lowest BCUT2D eigenvalue weighted by atomic mass is 10.4. The summed E-state index contributed by atoms with van der Waals surface area (Å²) >= 11 is 1.53. The molecule has 0 bridgehead atoms. The van der Waals surface area contributed by atoms with Gasteiger partial charge in [0.25, 0.3) is 0 Å². The fourth-order valence-corrected chi connectivity index (χ4v) is 3.78. The molecular weight excluding hydrogens is 156 g/mol. The predicted molar refractivity (Wildman–Crippen MR) is 40.3 cm³/mol. The maximum atomic E-state index is 10.8. The Morgan fingerprint density at radius 2 is 2.00 bits per heavy atom. The highest BCUT2D eigenvalue weighted by Gasteiger charge is 2.13. The van der Waals surface area contributed by atoms with Crippen molar-refractivity contribution in [3.8, 4) is 0 Å². The highest BCUT2D eigenvalue weighted by atomic mass is 32.3. The van der Waals surface area contributed by atoms with Crippen molar-refractivity contribution in [2.75, 3.05) is 16.6 Å². The van der Waals surface area contributed by atoms with E-state index >= 15 is 0 Å². The Kier molecular flexibility index (Phi) is 2.41. The van der Waals surface area contributed by atoms with Crippen molar-refractivity contribution >= 4 is 21.6 Å². The zero-order chi connectivity index (χ0) is 6.74. The molecule has 0 aromatic rings. The van der Waals surface area contributed by atoms with Gasteiger partial charge in [-0.2, -0.15) is 0 Å². The van der Waals surface area contributed by atoms with Crippen LogP contribution >= 0.6 is 11.8 Å². The van der Waals surface area contributed by atoms with Crippen LogP contribution in [-0.2, 0) is 9.84 Å². The summed E-state index contributed by atoms with van der Waals surface area (Å²) in [5.41, 5.74) is 0. The Bertz CT molecular complexity index is 157. The highest BCUT2D eigenvalue weighted by Crippen LogP contribution is 2.14. The number of thioether (sulfide) groups is 1. The van der Waals surface area contributed by atoms with Crippen LogP contribution in [0.3, 0.4) is 0 Å². The molecule has 1 heterocycles. The molecule has 0 radical (unpaired) electrons. The first kappa shape index (κ1) is 7.41. The molecule has 1 aliphatic rings. The molecule has 0 spiro atoms. The van der Waals surface area contributed by atoms with Crippen LogP contribution in [0.15, 0.2) is 0 Å². The van der Waals surface area contributed by atoms with Gasteiger partial charge >= 0.3 is 0 Å². The first-order valence-electron chi connectivity index (χ1n) is 2.99. The minimum atomic E-state index is -2.66. The van der Waals surface area contributed by atoms with Gasteiger partial charge < -0.3 is 0 Å². The van der Waals surface area contributed by atoms with Crippen LogP contribution in [0.4, 0.5) is 0 Å². The third-order valence-corrected chi connectivity index (χ3v) is 4.85. The van der Waals surface area contributed by atoms with Gasteiger partial charge in [0.2, 0.25) is 0 Å². The predicted octanol–water partition coefficient (Wildman–Crippen LogP) is 0.886. The van der Waals surface area contributed by atoms with Gasteiger partial charge in [0, 0.05) is 0 Å². The maximum Gasteiger partial charge on any atom is 0.159 e. The van der Waals surface area contributed by atoms with E-state index in [0.717, 1.165) is 18.6 Å². The van der Waals surface area contributed by atoms with Crippen LogP contribution in [0, 0.1) is 0 Å². The van der Waals surface area contributed by atoms with Crippen molar-refractivity contribution in [3.05, 3.63) is 0 Å².